The fraction of sp³-hybridized carbons (Fsp3) is 0.125. The average molecular weight is 423 g/mol. The first-order valence-corrected chi connectivity index (χ1v) is 10.00. The summed E-state index contributed by atoms with van der Waals surface area (Å²) in [6, 6.07) is 6.53. The number of fused-ring (bicyclic) bond motifs is 2. The highest BCUT2D eigenvalue weighted by Crippen LogP contribution is 2.40. The third-order valence-corrected chi connectivity index (χ3v) is 6.49. The number of aromatic nitrogens is 4. The van der Waals surface area contributed by atoms with Crippen LogP contribution in [0.25, 0.3) is 22.1 Å². The lowest BCUT2D eigenvalue weighted by atomic mass is 10.3. The smallest absolute Gasteiger partial charge is 0.218 e. The molecule has 4 N–H and O–H groups in total. The Balaban J connectivity index is 2.18. The summed E-state index contributed by atoms with van der Waals surface area (Å²) in [5.74, 6) is 0.363. The molecule has 0 aliphatic carbocycles. The van der Waals surface area contributed by atoms with Gasteiger partial charge >= 0.3 is 0 Å². The normalized spacial score (nSPS) is 11.9. The van der Waals surface area contributed by atoms with Gasteiger partial charge in [-0.2, -0.15) is 0 Å². The zero-order valence-corrected chi connectivity index (χ0v) is 16.6. The summed E-state index contributed by atoms with van der Waals surface area (Å²) in [5.41, 5.74) is 1.75. The lowest BCUT2D eigenvalue weighted by molar-refractivity contribution is 0.400. The molecule has 0 saturated heterocycles. The number of nitrogens with one attached hydrogen (secondary N) is 4. The van der Waals surface area contributed by atoms with Crippen molar-refractivity contribution in [3.8, 4) is 11.5 Å². The van der Waals surface area contributed by atoms with Crippen LogP contribution in [0.15, 0.2) is 34.1 Å². The molecule has 0 unspecified atom stereocenters. The Hall–Kier alpha value is -2.63. The minimum atomic E-state index is -4.10. The zero-order chi connectivity index (χ0) is 19.3. The van der Waals surface area contributed by atoms with Crippen LogP contribution in [0.2, 0.25) is 0 Å². The van der Waals surface area contributed by atoms with Gasteiger partial charge in [0.15, 0.2) is 9.54 Å². The van der Waals surface area contributed by atoms with Gasteiger partial charge in [0.2, 0.25) is 9.84 Å². The summed E-state index contributed by atoms with van der Waals surface area (Å²) in [4.78, 5) is 11.5. The number of hydrogen-bond donors (Lipinski definition) is 4. The molecule has 2 heterocycles. The first-order chi connectivity index (χ1) is 12.9. The van der Waals surface area contributed by atoms with E-state index in [4.69, 9.17) is 33.9 Å². The molecule has 0 radical (unpaired) electrons. The molecular weight excluding hydrogens is 408 g/mol. The summed E-state index contributed by atoms with van der Waals surface area (Å²) in [6.07, 6.45) is 0. The molecule has 4 rings (SSSR count). The van der Waals surface area contributed by atoms with Gasteiger partial charge in [0.25, 0.3) is 0 Å². The summed E-state index contributed by atoms with van der Waals surface area (Å²) >= 11 is 10.2. The number of ether oxygens (including phenoxy) is 2. The van der Waals surface area contributed by atoms with Crippen molar-refractivity contribution in [1.82, 2.24) is 19.9 Å². The van der Waals surface area contributed by atoms with Crippen molar-refractivity contribution in [2.45, 2.75) is 9.79 Å². The molecule has 0 amide bonds. The molecule has 0 fully saturated rings. The molecule has 2 aromatic carbocycles. The predicted octanol–water partition coefficient (Wildman–Crippen LogP) is 3.61. The maximum Gasteiger partial charge on any atom is 0.218 e. The van der Waals surface area contributed by atoms with Gasteiger partial charge in [0.1, 0.15) is 21.3 Å². The summed E-state index contributed by atoms with van der Waals surface area (Å²) < 4.78 is 38.8. The van der Waals surface area contributed by atoms with Crippen molar-refractivity contribution < 1.29 is 17.9 Å². The highest BCUT2D eigenvalue weighted by molar-refractivity contribution is 7.92. The Labute approximate surface area is 163 Å². The number of methoxy groups -OCH3 is 2. The second-order valence-corrected chi connectivity index (χ2v) is 8.34. The van der Waals surface area contributed by atoms with E-state index < -0.39 is 9.84 Å². The molecule has 27 heavy (non-hydrogen) atoms. The number of rotatable bonds is 4. The Morgan fingerprint density at radius 3 is 1.52 bits per heavy atom. The van der Waals surface area contributed by atoms with E-state index >= 15 is 0 Å². The number of sulfone groups is 1. The van der Waals surface area contributed by atoms with E-state index in [0.717, 1.165) is 0 Å². The van der Waals surface area contributed by atoms with Gasteiger partial charge in [-0.25, -0.2) is 8.42 Å². The van der Waals surface area contributed by atoms with Crippen LogP contribution >= 0.6 is 24.4 Å². The van der Waals surface area contributed by atoms with Crippen molar-refractivity contribution in [2.75, 3.05) is 14.2 Å². The van der Waals surface area contributed by atoms with E-state index in [2.05, 4.69) is 19.9 Å². The van der Waals surface area contributed by atoms with Gasteiger partial charge < -0.3 is 29.4 Å². The number of benzene rings is 2. The van der Waals surface area contributed by atoms with Gasteiger partial charge in [-0.1, -0.05) is 0 Å². The summed E-state index contributed by atoms with van der Waals surface area (Å²) in [7, 11) is -1.28. The Bertz CT molecular complexity index is 1310. The maximum absolute atomic E-state index is 13.7. The molecule has 140 valence electrons. The van der Waals surface area contributed by atoms with E-state index in [-0.39, 0.29) is 21.3 Å². The number of aromatic amines is 4. The first-order valence-electron chi connectivity index (χ1n) is 7.70. The minimum absolute atomic E-state index is 0.0406. The molecule has 2 aromatic heterocycles. The van der Waals surface area contributed by atoms with Crippen LogP contribution in [-0.2, 0) is 9.84 Å². The number of H-pyrrole nitrogens is 4. The van der Waals surface area contributed by atoms with Crippen LogP contribution < -0.4 is 9.47 Å². The van der Waals surface area contributed by atoms with Gasteiger partial charge in [-0.05, 0) is 48.7 Å². The van der Waals surface area contributed by atoms with Crippen LogP contribution in [0.4, 0.5) is 0 Å². The number of imidazole rings is 2. The van der Waals surface area contributed by atoms with Gasteiger partial charge in [0.05, 0.1) is 36.3 Å². The lowest BCUT2D eigenvalue weighted by Crippen LogP contribution is -2.08. The molecule has 0 aliphatic rings. The fourth-order valence-electron chi connectivity index (χ4n) is 3.07. The largest absolute Gasteiger partial charge is 0.495 e. The van der Waals surface area contributed by atoms with Crippen LogP contribution in [-0.4, -0.2) is 42.6 Å². The van der Waals surface area contributed by atoms with E-state index in [0.29, 0.717) is 31.6 Å². The van der Waals surface area contributed by atoms with Crippen molar-refractivity contribution >= 4 is 56.3 Å². The standard InChI is InChI=1S/C16H14N4O4S3/c1-23-9-5-3-7-11(19-15(25)17-7)13(9)27(21,22)14-10(24-2)6-4-8-12(14)20-16(26)18-8/h3-6H,1-2H3,(H2,17,19,25)(H2,18,20,26). The van der Waals surface area contributed by atoms with Crippen LogP contribution in [0.1, 0.15) is 0 Å². The van der Waals surface area contributed by atoms with Gasteiger partial charge in [0, 0.05) is 0 Å². The first kappa shape index (κ1) is 17.8. The Morgan fingerprint density at radius 1 is 0.741 bits per heavy atom. The molecule has 4 aromatic rings. The summed E-state index contributed by atoms with van der Waals surface area (Å²) in [5, 5.41) is 0. The Morgan fingerprint density at radius 2 is 1.15 bits per heavy atom. The van der Waals surface area contributed by atoms with E-state index in [1.54, 1.807) is 24.3 Å². The van der Waals surface area contributed by atoms with Crippen LogP contribution in [0, 0.1) is 9.54 Å². The van der Waals surface area contributed by atoms with Crippen molar-refractivity contribution in [1.29, 1.82) is 0 Å². The maximum atomic E-state index is 13.7. The minimum Gasteiger partial charge on any atom is -0.495 e. The van der Waals surface area contributed by atoms with E-state index in [1.807, 2.05) is 0 Å². The number of hydrogen-bond acceptors (Lipinski definition) is 6. The van der Waals surface area contributed by atoms with Crippen molar-refractivity contribution in [3.05, 3.63) is 33.8 Å². The second kappa shape index (κ2) is 6.22. The molecular formula is C16H14N4O4S3. The summed E-state index contributed by atoms with van der Waals surface area (Å²) in [6.45, 7) is 0. The highest BCUT2D eigenvalue weighted by atomic mass is 32.2. The van der Waals surface area contributed by atoms with E-state index in [9.17, 15) is 8.42 Å². The SMILES string of the molecule is COc1ccc2[nH]c(=S)[nH]c2c1S(=O)(=O)c1c(OC)ccc2[nH]c(=S)[nH]c12. The average Bonchev–Trinajstić information content (AvgIpc) is 3.19. The molecule has 0 aliphatic heterocycles. The molecule has 0 atom stereocenters. The monoisotopic (exact) mass is 422 g/mol. The Kier molecular flexibility index (Phi) is 4.09. The molecule has 8 nitrogen and oxygen atoms in total. The lowest BCUT2D eigenvalue weighted by Gasteiger charge is -2.14. The third kappa shape index (κ3) is 2.66. The molecule has 0 saturated carbocycles. The van der Waals surface area contributed by atoms with Crippen molar-refractivity contribution in [3.63, 3.8) is 0 Å². The van der Waals surface area contributed by atoms with Gasteiger partial charge in [-0.3, -0.25) is 0 Å². The fourth-order valence-corrected chi connectivity index (χ4v) is 5.40. The van der Waals surface area contributed by atoms with E-state index in [1.165, 1.54) is 14.2 Å². The van der Waals surface area contributed by atoms with Crippen LogP contribution in [0.3, 0.4) is 0 Å². The van der Waals surface area contributed by atoms with Gasteiger partial charge in [-0.15, -0.1) is 0 Å². The van der Waals surface area contributed by atoms with Crippen molar-refractivity contribution in [2.24, 2.45) is 0 Å². The quantitative estimate of drug-likeness (QED) is 0.373. The predicted molar refractivity (Wildman–Crippen MR) is 106 cm³/mol. The third-order valence-electron chi connectivity index (χ3n) is 4.19. The second-order valence-electron chi connectivity index (χ2n) is 5.70. The molecule has 0 spiro atoms. The highest BCUT2D eigenvalue weighted by Gasteiger charge is 2.32. The topological polar surface area (TPSA) is 116 Å². The molecule has 11 heteroatoms. The van der Waals surface area contributed by atoms with Crippen LogP contribution in [0.5, 0.6) is 11.5 Å². The zero-order valence-electron chi connectivity index (χ0n) is 14.2. The molecule has 0 bridgehead atoms.